The van der Waals surface area contributed by atoms with Crippen LogP contribution in [0, 0.1) is 0 Å². The predicted molar refractivity (Wildman–Crippen MR) is 86.2 cm³/mol. The summed E-state index contributed by atoms with van der Waals surface area (Å²) in [6, 6.07) is 5.46. The Bertz CT molecular complexity index is 716. The summed E-state index contributed by atoms with van der Waals surface area (Å²) in [4.78, 5) is 14.0. The van der Waals surface area contributed by atoms with Crippen molar-refractivity contribution in [3.8, 4) is 0 Å². The fourth-order valence-corrected chi connectivity index (χ4v) is 3.24. The van der Waals surface area contributed by atoms with Gasteiger partial charge in [0, 0.05) is 18.6 Å². The second-order valence-corrected chi connectivity index (χ2v) is 6.13. The van der Waals surface area contributed by atoms with Crippen LogP contribution in [0.1, 0.15) is 40.6 Å². The molecule has 0 radical (unpaired) electrons. The van der Waals surface area contributed by atoms with Crippen LogP contribution >= 0.6 is 11.6 Å². The van der Waals surface area contributed by atoms with Gasteiger partial charge in [0.1, 0.15) is 12.2 Å². The van der Waals surface area contributed by atoms with Gasteiger partial charge in [-0.15, -0.1) is 10.2 Å². The van der Waals surface area contributed by atoms with Crippen LogP contribution < -0.4 is 0 Å². The molecule has 3 rings (SSSR count). The third-order valence-corrected chi connectivity index (χ3v) is 4.62. The highest BCUT2D eigenvalue weighted by Gasteiger charge is 2.29. The van der Waals surface area contributed by atoms with Gasteiger partial charge in [0.05, 0.1) is 18.7 Å². The molecule has 1 saturated heterocycles. The first-order valence-corrected chi connectivity index (χ1v) is 7.92. The van der Waals surface area contributed by atoms with Crippen LogP contribution in [0.25, 0.3) is 0 Å². The lowest BCUT2D eigenvalue weighted by molar-refractivity contribution is 0.0600. The minimum atomic E-state index is -0.353. The van der Waals surface area contributed by atoms with E-state index in [0.29, 0.717) is 17.1 Å². The first-order chi connectivity index (χ1) is 11.1. The number of carbonyl (C=O) groups is 1. The number of hydrogen-bond acceptors (Lipinski definition) is 5. The van der Waals surface area contributed by atoms with Crippen LogP contribution in [0.2, 0.25) is 5.02 Å². The molecule has 1 aromatic carbocycles. The van der Waals surface area contributed by atoms with Gasteiger partial charge in [-0.05, 0) is 43.1 Å². The van der Waals surface area contributed by atoms with Gasteiger partial charge >= 0.3 is 5.97 Å². The molecule has 2 heterocycles. The van der Waals surface area contributed by atoms with Gasteiger partial charge in [-0.2, -0.15) is 0 Å². The normalized spacial score (nSPS) is 18.3. The number of nitrogens with zero attached hydrogens (tertiary/aromatic N) is 4. The van der Waals surface area contributed by atoms with E-state index in [1.807, 2.05) is 11.6 Å². The van der Waals surface area contributed by atoms with E-state index in [1.165, 1.54) is 7.11 Å². The van der Waals surface area contributed by atoms with Gasteiger partial charge in [0.15, 0.2) is 0 Å². The molecule has 2 aromatic rings. The van der Waals surface area contributed by atoms with Crippen molar-refractivity contribution in [1.82, 2.24) is 19.7 Å². The monoisotopic (exact) mass is 334 g/mol. The summed E-state index contributed by atoms with van der Waals surface area (Å²) in [6.07, 6.45) is 3.86. The third kappa shape index (κ3) is 3.23. The molecule has 0 spiro atoms. The van der Waals surface area contributed by atoms with Crippen LogP contribution in [0.5, 0.6) is 0 Å². The highest BCUT2D eigenvalue weighted by molar-refractivity contribution is 6.31. The van der Waals surface area contributed by atoms with E-state index in [9.17, 15) is 4.79 Å². The Hall–Kier alpha value is -1.92. The molecule has 1 aliphatic heterocycles. The maximum Gasteiger partial charge on any atom is 0.337 e. The van der Waals surface area contributed by atoms with Crippen LogP contribution in [0.15, 0.2) is 24.5 Å². The molecular formula is C16H19ClN4O2. The van der Waals surface area contributed by atoms with Crippen LogP contribution in [0.3, 0.4) is 0 Å². The lowest BCUT2D eigenvalue weighted by atomic mass is 10.1. The standard InChI is InChI=1S/C16H19ClN4O2/c1-20-10-18-19-15(20)14-4-3-7-21(14)9-12-8-11(16(22)23-2)5-6-13(12)17/h5-6,8,10,14H,3-4,7,9H2,1-2H3. The Morgan fingerprint density at radius 2 is 2.30 bits per heavy atom. The zero-order chi connectivity index (χ0) is 16.4. The van der Waals surface area contributed by atoms with Crippen LogP contribution in [0.4, 0.5) is 0 Å². The molecule has 1 aromatic heterocycles. The molecule has 1 aliphatic rings. The quantitative estimate of drug-likeness (QED) is 0.804. The second-order valence-electron chi connectivity index (χ2n) is 5.73. The maximum atomic E-state index is 11.7. The van der Waals surface area contributed by atoms with E-state index in [2.05, 4.69) is 15.1 Å². The Kier molecular flexibility index (Phi) is 4.63. The first kappa shape index (κ1) is 16.0. The molecule has 1 unspecified atom stereocenters. The first-order valence-electron chi connectivity index (χ1n) is 7.55. The van der Waals surface area contributed by atoms with E-state index in [0.717, 1.165) is 30.8 Å². The van der Waals surface area contributed by atoms with Gasteiger partial charge in [-0.25, -0.2) is 4.79 Å². The van der Waals surface area contributed by atoms with Crippen LogP contribution in [-0.4, -0.2) is 39.3 Å². The van der Waals surface area contributed by atoms with Crippen molar-refractivity contribution in [3.63, 3.8) is 0 Å². The fraction of sp³-hybridized carbons (Fsp3) is 0.438. The average Bonchev–Trinajstić information content (AvgIpc) is 3.17. The number of ether oxygens (including phenoxy) is 1. The molecule has 1 atom stereocenters. The zero-order valence-electron chi connectivity index (χ0n) is 13.2. The summed E-state index contributed by atoms with van der Waals surface area (Å²) in [5.74, 6) is 0.608. The van der Waals surface area contributed by atoms with Crippen molar-refractivity contribution in [2.24, 2.45) is 7.05 Å². The molecule has 23 heavy (non-hydrogen) atoms. The molecule has 6 nitrogen and oxygen atoms in total. The number of benzene rings is 1. The lowest BCUT2D eigenvalue weighted by Gasteiger charge is -2.24. The summed E-state index contributed by atoms with van der Waals surface area (Å²) in [5.41, 5.74) is 1.44. The van der Waals surface area contributed by atoms with Gasteiger partial charge in [-0.1, -0.05) is 11.6 Å². The van der Waals surface area contributed by atoms with E-state index in [-0.39, 0.29) is 12.0 Å². The molecule has 0 N–H and O–H groups in total. The number of likely N-dealkylation sites (tertiary alicyclic amines) is 1. The number of halogens is 1. The Balaban J connectivity index is 1.83. The summed E-state index contributed by atoms with van der Waals surface area (Å²) >= 11 is 6.31. The lowest BCUT2D eigenvalue weighted by Crippen LogP contribution is -2.25. The molecule has 0 aliphatic carbocycles. The van der Waals surface area contributed by atoms with Crippen molar-refractivity contribution >= 4 is 17.6 Å². The summed E-state index contributed by atoms with van der Waals surface area (Å²) in [6.45, 7) is 1.64. The predicted octanol–water partition coefficient (Wildman–Crippen LogP) is 2.59. The van der Waals surface area contributed by atoms with E-state index in [4.69, 9.17) is 16.3 Å². The highest BCUT2D eigenvalue weighted by atomic mass is 35.5. The van der Waals surface area contributed by atoms with Crippen molar-refractivity contribution in [2.45, 2.75) is 25.4 Å². The fourth-order valence-electron chi connectivity index (χ4n) is 3.06. The molecule has 122 valence electrons. The SMILES string of the molecule is COC(=O)c1ccc(Cl)c(CN2CCCC2c2nncn2C)c1. The second kappa shape index (κ2) is 6.68. The van der Waals surface area contributed by atoms with Crippen molar-refractivity contribution < 1.29 is 9.53 Å². The number of hydrogen-bond donors (Lipinski definition) is 0. The van der Waals surface area contributed by atoms with Gasteiger partial charge in [0.2, 0.25) is 0 Å². The summed E-state index contributed by atoms with van der Waals surface area (Å²) < 4.78 is 6.73. The Labute approximate surface area is 140 Å². The van der Waals surface area contributed by atoms with E-state index >= 15 is 0 Å². The number of methoxy groups -OCH3 is 1. The number of aryl methyl sites for hydroxylation is 1. The van der Waals surface area contributed by atoms with Gasteiger partial charge < -0.3 is 9.30 Å². The minimum absolute atomic E-state index is 0.223. The third-order valence-electron chi connectivity index (χ3n) is 4.25. The minimum Gasteiger partial charge on any atom is -0.465 e. The van der Waals surface area contributed by atoms with Gasteiger partial charge in [-0.3, -0.25) is 4.90 Å². The number of esters is 1. The molecule has 1 fully saturated rings. The molecular weight excluding hydrogens is 316 g/mol. The number of rotatable bonds is 4. The number of aromatic nitrogens is 3. The van der Waals surface area contributed by atoms with Crippen molar-refractivity contribution in [3.05, 3.63) is 46.5 Å². The largest absolute Gasteiger partial charge is 0.465 e. The molecule has 0 bridgehead atoms. The van der Waals surface area contributed by atoms with Crippen LogP contribution in [-0.2, 0) is 18.3 Å². The topological polar surface area (TPSA) is 60.2 Å². The zero-order valence-corrected chi connectivity index (χ0v) is 14.0. The maximum absolute atomic E-state index is 11.7. The summed E-state index contributed by atoms with van der Waals surface area (Å²) in [5, 5.41) is 8.86. The highest BCUT2D eigenvalue weighted by Crippen LogP contribution is 2.33. The molecule has 7 heteroatoms. The smallest absolute Gasteiger partial charge is 0.337 e. The van der Waals surface area contributed by atoms with Crippen molar-refractivity contribution in [1.29, 1.82) is 0 Å². The average molecular weight is 335 g/mol. The molecule has 0 saturated carbocycles. The van der Waals surface area contributed by atoms with Crippen molar-refractivity contribution in [2.75, 3.05) is 13.7 Å². The number of carbonyl (C=O) groups excluding carboxylic acids is 1. The summed E-state index contributed by atoms with van der Waals surface area (Å²) in [7, 11) is 3.33. The van der Waals surface area contributed by atoms with Gasteiger partial charge in [0.25, 0.3) is 0 Å². The van der Waals surface area contributed by atoms with E-state index < -0.39 is 0 Å². The Morgan fingerprint density at radius 1 is 1.48 bits per heavy atom. The van der Waals surface area contributed by atoms with E-state index in [1.54, 1.807) is 24.5 Å². The molecule has 0 amide bonds. The Morgan fingerprint density at radius 3 is 3.00 bits per heavy atom.